The summed E-state index contributed by atoms with van der Waals surface area (Å²) in [5, 5.41) is 17.2. The van der Waals surface area contributed by atoms with E-state index < -0.39 is 47.9 Å². The highest BCUT2D eigenvalue weighted by Gasteiger charge is 2.30. The summed E-state index contributed by atoms with van der Waals surface area (Å²) in [4.78, 5) is 56.3. The smallest absolute Gasteiger partial charge is 0.326 e. The second-order valence-corrected chi connectivity index (χ2v) is 8.99. The van der Waals surface area contributed by atoms with Gasteiger partial charge < -0.3 is 31.8 Å². The van der Waals surface area contributed by atoms with Gasteiger partial charge in [0.05, 0.1) is 12.4 Å². The third-order valence-electron chi connectivity index (χ3n) is 4.59. The number of amides is 3. The molecule has 0 saturated carbocycles. The van der Waals surface area contributed by atoms with Crippen molar-refractivity contribution in [1.29, 1.82) is 0 Å². The molecule has 11 nitrogen and oxygen atoms in total. The van der Waals surface area contributed by atoms with E-state index in [-0.39, 0.29) is 18.8 Å². The number of aromatic amines is 1. The number of hydrogen-bond acceptors (Lipinski definition) is 7. The van der Waals surface area contributed by atoms with Crippen molar-refractivity contribution in [2.75, 3.05) is 12.0 Å². The summed E-state index contributed by atoms with van der Waals surface area (Å²) in [5.74, 6) is -2.18. The molecule has 0 aliphatic carbocycles. The zero-order chi connectivity index (χ0) is 24.3. The van der Waals surface area contributed by atoms with Crippen molar-refractivity contribution in [3.63, 3.8) is 0 Å². The molecule has 0 aliphatic rings. The predicted molar refractivity (Wildman–Crippen MR) is 122 cm³/mol. The van der Waals surface area contributed by atoms with Crippen molar-refractivity contribution in [1.82, 2.24) is 25.9 Å². The Morgan fingerprint density at radius 3 is 2.16 bits per heavy atom. The first-order valence-corrected chi connectivity index (χ1v) is 11.8. The van der Waals surface area contributed by atoms with Crippen LogP contribution < -0.4 is 21.7 Å². The molecular weight excluding hydrogens is 436 g/mol. The molecule has 3 amide bonds. The van der Waals surface area contributed by atoms with E-state index in [1.54, 1.807) is 0 Å². The topological polar surface area (TPSA) is 179 Å². The SMILES string of the molecule is CSCCC(NC(=O)C(C)N)C(=O)NC(Cc1cnc[nH]1)C(=O)NC(CC(C)C)C(=O)O. The minimum atomic E-state index is -1.15. The van der Waals surface area contributed by atoms with Gasteiger partial charge in [-0.1, -0.05) is 13.8 Å². The maximum atomic E-state index is 12.9. The zero-order valence-corrected chi connectivity index (χ0v) is 19.7. The summed E-state index contributed by atoms with van der Waals surface area (Å²) >= 11 is 1.51. The minimum absolute atomic E-state index is 0.0430. The number of aromatic nitrogens is 2. The van der Waals surface area contributed by atoms with E-state index in [1.165, 1.54) is 31.2 Å². The molecule has 0 saturated heterocycles. The molecule has 0 spiro atoms. The number of thioether (sulfide) groups is 1. The van der Waals surface area contributed by atoms with Crippen LogP contribution in [0.5, 0.6) is 0 Å². The maximum Gasteiger partial charge on any atom is 0.326 e. The van der Waals surface area contributed by atoms with Crippen molar-refractivity contribution in [3.8, 4) is 0 Å². The number of aliphatic carboxylic acids is 1. The number of hydrogen-bond donors (Lipinski definition) is 6. The van der Waals surface area contributed by atoms with Crippen LogP contribution in [0.1, 0.15) is 39.3 Å². The molecule has 1 heterocycles. The lowest BCUT2D eigenvalue weighted by molar-refractivity contribution is -0.142. The van der Waals surface area contributed by atoms with Crippen LogP contribution in [0.15, 0.2) is 12.5 Å². The molecule has 0 bridgehead atoms. The van der Waals surface area contributed by atoms with Crippen LogP contribution >= 0.6 is 11.8 Å². The lowest BCUT2D eigenvalue weighted by Crippen LogP contribution is -2.57. The molecule has 32 heavy (non-hydrogen) atoms. The van der Waals surface area contributed by atoms with Gasteiger partial charge in [0.1, 0.15) is 18.1 Å². The van der Waals surface area contributed by atoms with E-state index in [0.29, 0.717) is 17.9 Å². The Kier molecular flexibility index (Phi) is 11.8. The summed E-state index contributed by atoms with van der Waals surface area (Å²) < 4.78 is 0. The van der Waals surface area contributed by atoms with Crippen LogP contribution in [0.2, 0.25) is 0 Å². The second-order valence-electron chi connectivity index (χ2n) is 8.00. The molecule has 0 fully saturated rings. The fraction of sp³-hybridized carbons (Fsp3) is 0.650. The average Bonchev–Trinajstić information content (AvgIpc) is 3.22. The van der Waals surface area contributed by atoms with Crippen molar-refractivity contribution >= 4 is 35.5 Å². The van der Waals surface area contributed by atoms with Crippen molar-refractivity contribution in [3.05, 3.63) is 18.2 Å². The Morgan fingerprint density at radius 1 is 1.06 bits per heavy atom. The molecule has 4 atom stereocenters. The maximum absolute atomic E-state index is 12.9. The van der Waals surface area contributed by atoms with Crippen LogP contribution in [0.3, 0.4) is 0 Å². The van der Waals surface area contributed by atoms with Gasteiger partial charge in [0.2, 0.25) is 17.7 Å². The van der Waals surface area contributed by atoms with Crippen LogP contribution in [0.4, 0.5) is 0 Å². The van der Waals surface area contributed by atoms with Gasteiger partial charge >= 0.3 is 5.97 Å². The number of rotatable bonds is 14. The third kappa shape index (κ3) is 9.69. The van der Waals surface area contributed by atoms with E-state index >= 15 is 0 Å². The predicted octanol–water partition coefficient (Wildman–Crippen LogP) is -0.362. The first-order chi connectivity index (χ1) is 15.0. The van der Waals surface area contributed by atoms with Gasteiger partial charge in [-0.25, -0.2) is 9.78 Å². The largest absolute Gasteiger partial charge is 0.480 e. The summed E-state index contributed by atoms with van der Waals surface area (Å²) in [6.45, 7) is 5.21. The quantitative estimate of drug-likeness (QED) is 0.213. The van der Waals surface area contributed by atoms with Gasteiger partial charge in [-0.15, -0.1) is 0 Å². The van der Waals surface area contributed by atoms with Crippen LogP contribution in [-0.4, -0.2) is 74.9 Å². The van der Waals surface area contributed by atoms with Gasteiger partial charge in [-0.05, 0) is 37.7 Å². The van der Waals surface area contributed by atoms with Crippen LogP contribution in [0.25, 0.3) is 0 Å². The Labute approximate surface area is 192 Å². The average molecular weight is 471 g/mol. The van der Waals surface area contributed by atoms with Gasteiger partial charge in [0, 0.05) is 18.3 Å². The standard InChI is InChI=1S/C20H34N6O5S/c1-11(2)7-16(20(30)31)26-19(29)15(8-13-9-22-10-23-13)25-18(28)14(5-6-32-4)24-17(27)12(3)21/h9-12,14-16H,5-8,21H2,1-4H3,(H,22,23)(H,24,27)(H,25,28)(H,26,29)(H,30,31). The number of nitrogens with zero attached hydrogens (tertiary/aromatic N) is 1. The molecular formula is C20H34N6O5S. The summed E-state index contributed by atoms with van der Waals surface area (Å²) in [6.07, 6.45) is 5.48. The fourth-order valence-electron chi connectivity index (χ4n) is 2.87. The van der Waals surface area contributed by atoms with Gasteiger partial charge in [-0.3, -0.25) is 14.4 Å². The molecule has 0 aliphatic heterocycles. The summed E-state index contributed by atoms with van der Waals surface area (Å²) in [6, 6.07) is -3.84. The Hall–Kier alpha value is -2.60. The molecule has 4 unspecified atom stereocenters. The highest BCUT2D eigenvalue weighted by atomic mass is 32.2. The number of carboxylic acids is 1. The fourth-order valence-corrected chi connectivity index (χ4v) is 3.34. The lowest BCUT2D eigenvalue weighted by atomic mass is 10.0. The Balaban J connectivity index is 3.02. The number of nitrogens with two attached hydrogens (primary N) is 1. The zero-order valence-electron chi connectivity index (χ0n) is 18.9. The van der Waals surface area contributed by atoms with E-state index in [9.17, 15) is 24.3 Å². The lowest BCUT2D eigenvalue weighted by Gasteiger charge is -2.25. The molecule has 0 radical (unpaired) electrons. The monoisotopic (exact) mass is 470 g/mol. The van der Waals surface area contributed by atoms with Crippen molar-refractivity contribution in [2.24, 2.45) is 11.7 Å². The van der Waals surface area contributed by atoms with E-state index in [2.05, 4.69) is 25.9 Å². The number of nitrogens with one attached hydrogen (secondary N) is 4. The van der Waals surface area contributed by atoms with E-state index in [0.717, 1.165) is 0 Å². The number of carbonyl (C=O) groups is 4. The van der Waals surface area contributed by atoms with Gasteiger partial charge in [0.25, 0.3) is 0 Å². The van der Waals surface area contributed by atoms with E-state index in [1.807, 2.05) is 20.1 Å². The summed E-state index contributed by atoms with van der Waals surface area (Å²) in [5.41, 5.74) is 6.18. The van der Waals surface area contributed by atoms with Gasteiger partial charge in [-0.2, -0.15) is 11.8 Å². The second kappa shape index (κ2) is 13.7. The molecule has 1 aromatic rings. The number of carboxylic acid groups (broad SMARTS) is 1. The number of imidazole rings is 1. The summed E-state index contributed by atoms with van der Waals surface area (Å²) in [7, 11) is 0. The normalized spacial score (nSPS) is 14.8. The molecule has 0 aromatic carbocycles. The molecule has 12 heteroatoms. The Morgan fingerprint density at radius 2 is 1.66 bits per heavy atom. The highest BCUT2D eigenvalue weighted by Crippen LogP contribution is 2.08. The molecule has 180 valence electrons. The molecule has 7 N–H and O–H groups in total. The van der Waals surface area contributed by atoms with Crippen LogP contribution in [0, 0.1) is 5.92 Å². The molecule has 1 rings (SSSR count). The highest BCUT2D eigenvalue weighted by molar-refractivity contribution is 7.98. The van der Waals surface area contributed by atoms with Crippen LogP contribution in [-0.2, 0) is 25.6 Å². The Bertz CT molecular complexity index is 756. The number of carbonyl (C=O) groups excluding carboxylic acids is 3. The van der Waals surface area contributed by atoms with Crippen molar-refractivity contribution in [2.45, 2.75) is 64.2 Å². The third-order valence-corrected chi connectivity index (χ3v) is 5.23. The minimum Gasteiger partial charge on any atom is -0.480 e. The number of H-pyrrole nitrogens is 1. The van der Waals surface area contributed by atoms with Gasteiger partial charge in [0.15, 0.2) is 0 Å². The first-order valence-electron chi connectivity index (χ1n) is 10.4. The first kappa shape index (κ1) is 27.4. The van der Waals surface area contributed by atoms with E-state index in [4.69, 9.17) is 5.73 Å². The molecule has 1 aromatic heterocycles. The van der Waals surface area contributed by atoms with Crippen molar-refractivity contribution < 1.29 is 24.3 Å².